The molecular formula is C102H60N12. The summed E-state index contributed by atoms with van der Waals surface area (Å²) in [5, 5.41) is 12.9. The summed E-state index contributed by atoms with van der Waals surface area (Å²) in [5.41, 5.74) is 29.1. The first-order valence-corrected chi connectivity index (χ1v) is 37.9. The topological polar surface area (TPSA) is 155 Å². The molecule has 12 heteroatoms. The maximum absolute atomic E-state index is 5.15. The Morgan fingerprint density at radius 3 is 0.798 bits per heavy atom. The SMILES string of the molecule is c1ccc(-c2ccc3ccc4ccc(-c5ccc(-c6ccc7cc(-c8ccc9nc(-c%10ccc%11ccc%12cccnc%12c%11n%10)ccc9c8)ccc7n6)cc5)nc4c3n2)cc1.c1cnc2c(c1)ccc1ccc(-c3ccc4cc(-c5ccc6nc(-c7ccc(-c8ccnc9c8ccc8cccnc89)cc7)ccc6c5)ccc4n3)nc12. The molecule has 0 unspecified atom stereocenters. The van der Waals surface area contributed by atoms with Gasteiger partial charge in [-0.15, -0.1) is 0 Å². The quantitative estimate of drug-likeness (QED) is 0.126. The van der Waals surface area contributed by atoms with E-state index in [1.54, 1.807) is 0 Å². The summed E-state index contributed by atoms with van der Waals surface area (Å²) in [6.07, 6.45) is 7.32. The first-order chi connectivity index (χ1) is 56.4. The number of aromatic nitrogens is 12. The average Bonchev–Trinajstić information content (AvgIpc) is 0.772. The molecule has 23 rings (SSSR count). The van der Waals surface area contributed by atoms with Gasteiger partial charge in [-0.25, -0.2) is 39.9 Å². The molecule has 12 aromatic heterocycles. The van der Waals surface area contributed by atoms with Crippen LogP contribution in [-0.4, -0.2) is 59.8 Å². The molecule has 12 heterocycles. The van der Waals surface area contributed by atoms with Crippen LogP contribution in [0.2, 0.25) is 0 Å². The van der Waals surface area contributed by atoms with Crippen LogP contribution in [0.1, 0.15) is 0 Å². The molecule has 0 radical (unpaired) electrons. The number of benzene rings is 11. The molecule has 0 spiro atoms. The number of nitrogens with zero attached hydrogens (tertiary/aromatic N) is 12. The zero-order chi connectivity index (χ0) is 75.2. The molecule has 114 heavy (non-hydrogen) atoms. The Morgan fingerprint density at radius 1 is 0.140 bits per heavy atom. The van der Waals surface area contributed by atoms with Crippen LogP contribution in [0.3, 0.4) is 0 Å². The molecule has 0 aliphatic rings. The van der Waals surface area contributed by atoms with Gasteiger partial charge >= 0.3 is 0 Å². The highest BCUT2D eigenvalue weighted by atomic mass is 14.8. The van der Waals surface area contributed by atoms with Gasteiger partial charge in [-0.05, 0) is 155 Å². The molecule has 0 fully saturated rings. The first kappa shape index (κ1) is 65.4. The van der Waals surface area contributed by atoms with Crippen LogP contribution in [-0.2, 0) is 0 Å². The summed E-state index contributed by atoms with van der Waals surface area (Å²) >= 11 is 0. The van der Waals surface area contributed by atoms with E-state index in [9.17, 15) is 0 Å². The molecule has 0 aliphatic heterocycles. The molecular weight excluding hydrogens is 1390 g/mol. The van der Waals surface area contributed by atoms with Crippen LogP contribution in [0.15, 0.2) is 365 Å². The van der Waals surface area contributed by atoms with Crippen LogP contribution in [0.25, 0.3) is 232 Å². The van der Waals surface area contributed by atoms with Gasteiger partial charge in [-0.3, -0.25) is 19.9 Å². The molecule has 23 aromatic rings. The van der Waals surface area contributed by atoms with Gasteiger partial charge in [-0.1, -0.05) is 218 Å². The fraction of sp³-hybridized carbons (Fsp3) is 0. The van der Waals surface area contributed by atoms with E-state index in [0.29, 0.717) is 0 Å². The van der Waals surface area contributed by atoms with Gasteiger partial charge in [0.05, 0.1) is 112 Å². The van der Waals surface area contributed by atoms with Crippen molar-refractivity contribution in [1.29, 1.82) is 0 Å². The molecule has 0 saturated carbocycles. The first-order valence-electron chi connectivity index (χ1n) is 37.9. The lowest BCUT2D eigenvalue weighted by molar-refractivity contribution is 1.31. The Labute approximate surface area is 652 Å². The van der Waals surface area contributed by atoms with E-state index in [2.05, 4.69) is 311 Å². The number of rotatable bonds is 9. The summed E-state index contributed by atoms with van der Waals surface area (Å²) in [4.78, 5) is 58.9. The van der Waals surface area contributed by atoms with Gasteiger partial charge in [0.25, 0.3) is 0 Å². The number of hydrogen-bond acceptors (Lipinski definition) is 12. The summed E-state index contributed by atoms with van der Waals surface area (Å²) in [7, 11) is 0. The van der Waals surface area contributed by atoms with Gasteiger partial charge in [0.2, 0.25) is 0 Å². The van der Waals surface area contributed by atoms with Gasteiger partial charge in [0, 0.05) is 112 Å². The number of pyridine rings is 12. The van der Waals surface area contributed by atoms with Gasteiger partial charge < -0.3 is 0 Å². The second-order valence-corrected chi connectivity index (χ2v) is 28.8. The molecule has 0 amide bonds. The Kier molecular flexibility index (Phi) is 15.6. The minimum atomic E-state index is 0.829. The zero-order valence-corrected chi connectivity index (χ0v) is 61.0. The summed E-state index contributed by atoms with van der Waals surface area (Å²) in [6.45, 7) is 0. The van der Waals surface area contributed by atoms with Gasteiger partial charge in [0.1, 0.15) is 0 Å². The fourth-order valence-corrected chi connectivity index (χ4v) is 15.9. The highest BCUT2D eigenvalue weighted by molar-refractivity contribution is 6.10. The summed E-state index contributed by atoms with van der Waals surface area (Å²) in [6, 6.07) is 118. The number of hydrogen-bond donors (Lipinski definition) is 0. The van der Waals surface area contributed by atoms with E-state index in [0.717, 1.165) is 232 Å². The molecule has 528 valence electrons. The number of fused-ring (bicyclic) bond motifs is 16. The lowest BCUT2D eigenvalue weighted by Gasteiger charge is -2.10. The fourth-order valence-electron chi connectivity index (χ4n) is 15.9. The van der Waals surface area contributed by atoms with E-state index < -0.39 is 0 Å². The van der Waals surface area contributed by atoms with Crippen molar-refractivity contribution >= 4 is 131 Å². The van der Waals surface area contributed by atoms with E-state index in [4.69, 9.17) is 39.9 Å². The molecule has 11 aromatic carbocycles. The lowest BCUT2D eigenvalue weighted by atomic mass is 9.98. The van der Waals surface area contributed by atoms with Crippen LogP contribution >= 0.6 is 0 Å². The van der Waals surface area contributed by atoms with E-state index in [1.807, 2.05) is 73.3 Å². The second-order valence-electron chi connectivity index (χ2n) is 28.8. The average molecular weight is 1450 g/mol. The molecule has 0 saturated heterocycles. The van der Waals surface area contributed by atoms with Gasteiger partial charge in [-0.2, -0.15) is 0 Å². The van der Waals surface area contributed by atoms with Crippen molar-refractivity contribution in [2.75, 3.05) is 0 Å². The van der Waals surface area contributed by atoms with Crippen LogP contribution in [0.4, 0.5) is 0 Å². The van der Waals surface area contributed by atoms with Crippen LogP contribution < -0.4 is 0 Å². The molecule has 0 N–H and O–H groups in total. The van der Waals surface area contributed by atoms with Crippen molar-refractivity contribution in [1.82, 2.24) is 59.8 Å². The summed E-state index contributed by atoms with van der Waals surface area (Å²) < 4.78 is 0. The summed E-state index contributed by atoms with van der Waals surface area (Å²) in [5.74, 6) is 0. The Balaban J connectivity index is 0.000000140. The van der Waals surface area contributed by atoms with Crippen molar-refractivity contribution in [2.45, 2.75) is 0 Å². The molecule has 12 nitrogen and oxygen atoms in total. The van der Waals surface area contributed by atoms with Crippen molar-refractivity contribution in [3.05, 3.63) is 365 Å². The van der Waals surface area contributed by atoms with E-state index >= 15 is 0 Å². The predicted molar refractivity (Wildman–Crippen MR) is 465 cm³/mol. The van der Waals surface area contributed by atoms with E-state index in [-0.39, 0.29) is 0 Å². The molecule has 0 atom stereocenters. The van der Waals surface area contributed by atoms with E-state index in [1.165, 1.54) is 0 Å². The maximum Gasteiger partial charge on any atom is 0.0972 e. The van der Waals surface area contributed by atoms with Crippen molar-refractivity contribution in [2.24, 2.45) is 0 Å². The normalized spacial score (nSPS) is 11.7. The largest absolute Gasteiger partial charge is 0.254 e. The minimum absolute atomic E-state index is 0.829. The molecule has 0 bridgehead atoms. The zero-order valence-electron chi connectivity index (χ0n) is 61.0. The highest BCUT2D eigenvalue weighted by Gasteiger charge is 2.17. The molecule has 0 aliphatic carbocycles. The third-order valence-corrected chi connectivity index (χ3v) is 21.9. The smallest absolute Gasteiger partial charge is 0.0972 e. The van der Waals surface area contributed by atoms with Crippen LogP contribution in [0, 0.1) is 0 Å². The van der Waals surface area contributed by atoms with Crippen molar-refractivity contribution in [3.63, 3.8) is 0 Å². The standard InChI is InChI=1S/C54H32N6.C48H28N6/c1-2-5-33(6-3-1)45-23-16-38-14-15-39-17-24-46(59-54(39)53(38)58-45)35-10-8-34(9-11-35)44-27-21-42-31-40(19-25-47(42)56-44)41-20-26-48-43(32-41)22-29-49(57-48)50-28-18-37-13-12-36-7-4-30-55-51(36)52(37)60-50;1-3-31-9-10-33-12-21-44(54-47(33)45(31)49-24-1)43-22-16-37-28-35(14-19-42(37)53-43)34-13-18-41-36(27-34)15-20-40(52-41)30-7-5-29(6-8-30)38-23-26-51-48-39(38)17-11-32-4-2-25-50-46(32)48/h1-32H;1-28H. The Morgan fingerprint density at radius 2 is 0.404 bits per heavy atom. The third-order valence-electron chi connectivity index (χ3n) is 21.9. The van der Waals surface area contributed by atoms with Gasteiger partial charge in [0.15, 0.2) is 0 Å². The van der Waals surface area contributed by atoms with Crippen molar-refractivity contribution < 1.29 is 0 Å². The lowest BCUT2D eigenvalue weighted by Crippen LogP contribution is -1.92. The monoisotopic (exact) mass is 1450 g/mol. The second kappa shape index (κ2) is 27.2. The third kappa shape index (κ3) is 11.9. The predicted octanol–water partition coefficient (Wildman–Crippen LogP) is 25.0. The Bertz CT molecular complexity index is 7870. The maximum atomic E-state index is 5.15. The van der Waals surface area contributed by atoms with Crippen LogP contribution in [0.5, 0.6) is 0 Å². The minimum Gasteiger partial charge on any atom is -0.254 e. The highest BCUT2D eigenvalue weighted by Crippen LogP contribution is 2.38. The van der Waals surface area contributed by atoms with Crippen molar-refractivity contribution in [3.8, 4) is 101 Å². The Hall–Kier alpha value is -15.7.